The van der Waals surface area contributed by atoms with E-state index >= 15 is 0 Å². The van der Waals surface area contributed by atoms with Crippen molar-refractivity contribution in [2.24, 2.45) is 0 Å². The number of rotatable bonds is 5. The third-order valence-electron chi connectivity index (χ3n) is 2.71. The van der Waals surface area contributed by atoms with E-state index in [1.54, 1.807) is 0 Å². The number of carbonyl (C=O) groups excluding carboxylic acids is 1. The number of sulfone groups is 1. The van der Waals surface area contributed by atoms with Crippen molar-refractivity contribution in [3.05, 3.63) is 29.8 Å². The van der Waals surface area contributed by atoms with E-state index in [1.807, 2.05) is 13.0 Å². The van der Waals surface area contributed by atoms with E-state index in [0.29, 0.717) is 12.0 Å². The van der Waals surface area contributed by atoms with Crippen LogP contribution in [-0.2, 0) is 9.84 Å². The Bertz CT molecular complexity index is 585. The third-order valence-corrected chi connectivity index (χ3v) is 3.84. The standard InChI is InChI=1S/C13H16N2O3S/c1-3-11(8-9-14)15-13(16)10-4-6-12(7-5-10)19(2,17)18/h4-7,11H,3,8H2,1-2H3,(H,15,16). The van der Waals surface area contributed by atoms with Crippen LogP contribution >= 0.6 is 0 Å². The van der Waals surface area contributed by atoms with Gasteiger partial charge in [0.2, 0.25) is 0 Å². The van der Waals surface area contributed by atoms with E-state index in [0.717, 1.165) is 6.26 Å². The fourth-order valence-electron chi connectivity index (χ4n) is 1.53. The molecule has 1 N–H and O–H groups in total. The Hall–Kier alpha value is -1.87. The summed E-state index contributed by atoms with van der Waals surface area (Å²) in [7, 11) is -3.26. The van der Waals surface area contributed by atoms with Crippen LogP contribution in [0.25, 0.3) is 0 Å². The van der Waals surface area contributed by atoms with Crippen LogP contribution in [0.1, 0.15) is 30.1 Å². The topological polar surface area (TPSA) is 87.0 Å². The van der Waals surface area contributed by atoms with Crippen molar-refractivity contribution < 1.29 is 13.2 Å². The third kappa shape index (κ3) is 4.38. The van der Waals surface area contributed by atoms with Gasteiger partial charge in [-0.25, -0.2) is 8.42 Å². The summed E-state index contributed by atoms with van der Waals surface area (Å²) in [5.41, 5.74) is 0.379. The lowest BCUT2D eigenvalue weighted by Crippen LogP contribution is -2.34. The van der Waals surface area contributed by atoms with E-state index in [4.69, 9.17) is 5.26 Å². The van der Waals surface area contributed by atoms with Gasteiger partial charge in [-0.1, -0.05) is 6.92 Å². The normalized spacial score (nSPS) is 12.5. The molecule has 1 rings (SSSR count). The van der Waals surface area contributed by atoms with Gasteiger partial charge in [0.1, 0.15) is 0 Å². The summed E-state index contributed by atoms with van der Waals surface area (Å²) in [6.07, 6.45) is 2.03. The number of nitriles is 1. The molecule has 0 radical (unpaired) electrons. The molecule has 0 aliphatic carbocycles. The molecule has 1 aromatic rings. The molecule has 0 aromatic heterocycles. The second-order valence-electron chi connectivity index (χ2n) is 4.24. The molecule has 1 amide bonds. The molecular weight excluding hydrogens is 264 g/mol. The largest absolute Gasteiger partial charge is 0.348 e. The molecule has 1 atom stereocenters. The van der Waals surface area contributed by atoms with Crippen LogP contribution in [-0.4, -0.2) is 26.6 Å². The van der Waals surface area contributed by atoms with E-state index in [2.05, 4.69) is 5.32 Å². The number of carbonyl (C=O) groups is 1. The zero-order valence-corrected chi connectivity index (χ0v) is 11.7. The van der Waals surface area contributed by atoms with Crippen molar-refractivity contribution in [1.29, 1.82) is 5.26 Å². The summed E-state index contributed by atoms with van der Waals surface area (Å²) in [6.45, 7) is 1.88. The van der Waals surface area contributed by atoms with Crippen LogP contribution in [0.15, 0.2) is 29.2 Å². The lowest BCUT2D eigenvalue weighted by Gasteiger charge is -2.13. The minimum absolute atomic E-state index is 0.174. The molecule has 6 heteroatoms. The van der Waals surface area contributed by atoms with Gasteiger partial charge >= 0.3 is 0 Å². The molecule has 0 fully saturated rings. The number of nitrogens with zero attached hydrogens (tertiary/aromatic N) is 1. The van der Waals surface area contributed by atoms with Gasteiger partial charge < -0.3 is 5.32 Å². The maximum Gasteiger partial charge on any atom is 0.251 e. The van der Waals surface area contributed by atoms with E-state index < -0.39 is 9.84 Å². The molecule has 1 aromatic carbocycles. The molecule has 0 bridgehead atoms. The smallest absolute Gasteiger partial charge is 0.251 e. The van der Waals surface area contributed by atoms with Gasteiger partial charge in [0.05, 0.1) is 17.4 Å². The van der Waals surface area contributed by atoms with Crippen LogP contribution < -0.4 is 5.32 Å². The van der Waals surface area contributed by atoms with Gasteiger partial charge in [0, 0.05) is 17.9 Å². The van der Waals surface area contributed by atoms with Gasteiger partial charge in [0.15, 0.2) is 9.84 Å². The number of hydrogen-bond donors (Lipinski definition) is 1. The van der Waals surface area contributed by atoms with Crippen molar-refractivity contribution in [1.82, 2.24) is 5.32 Å². The maximum absolute atomic E-state index is 11.9. The summed E-state index contributed by atoms with van der Waals surface area (Å²) in [5, 5.41) is 11.3. The highest BCUT2D eigenvalue weighted by atomic mass is 32.2. The monoisotopic (exact) mass is 280 g/mol. The minimum Gasteiger partial charge on any atom is -0.348 e. The number of hydrogen-bond acceptors (Lipinski definition) is 4. The van der Waals surface area contributed by atoms with Crippen LogP contribution in [0.4, 0.5) is 0 Å². The molecular formula is C13H16N2O3S. The SMILES string of the molecule is CCC(CC#N)NC(=O)c1ccc(S(C)(=O)=O)cc1. The molecule has 102 valence electrons. The highest BCUT2D eigenvalue weighted by Gasteiger charge is 2.13. The predicted molar refractivity (Wildman–Crippen MR) is 71.3 cm³/mol. The van der Waals surface area contributed by atoms with Gasteiger partial charge in [-0.05, 0) is 30.7 Å². The molecule has 0 saturated heterocycles. The first kappa shape index (κ1) is 15.2. The summed E-state index contributed by atoms with van der Waals surface area (Å²) in [6, 6.07) is 7.55. The quantitative estimate of drug-likeness (QED) is 0.885. The molecule has 1 unspecified atom stereocenters. The first-order chi connectivity index (χ1) is 8.88. The average Bonchev–Trinajstić information content (AvgIpc) is 2.37. The van der Waals surface area contributed by atoms with Crippen molar-refractivity contribution in [2.45, 2.75) is 30.7 Å². The van der Waals surface area contributed by atoms with E-state index in [-0.39, 0.29) is 23.3 Å². The predicted octanol–water partition coefficient (Wildman–Crippen LogP) is 1.51. The zero-order valence-electron chi connectivity index (χ0n) is 10.9. The van der Waals surface area contributed by atoms with Gasteiger partial charge in [0.25, 0.3) is 5.91 Å². The second-order valence-corrected chi connectivity index (χ2v) is 6.25. The minimum atomic E-state index is -3.26. The molecule has 19 heavy (non-hydrogen) atoms. The molecule has 0 aliphatic heterocycles. The van der Waals surface area contributed by atoms with Gasteiger partial charge in [-0.2, -0.15) is 5.26 Å². The Morgan fingerprint density at radius 3 is 2.37 bits per heavy atom. The first-order valence-corrected chi connectivity index (χ1v) is 7.75. The molecule has 5 nitrogen and oxygen atoms in total. The van der Waals surface area contributed by atoms with Gasteiger partial charge in [-0.15, -0.1) is 0 Å². The van der Waals surface area contributed by atoms with Crippen LogP contribution in [0, 0.1) is 11.3 Å². The Morgan fingerprint density at radius 2 is 1.95 bits per heavy atom. The van der Waals surface area contributed by atoms with Crippen LogP contribution in [0.3, 0.4) is 0 Å². The zero-order chi connectivity index (χ0) is 14.5. The lowest BCUT2D eigenvalue weighted by atomic mass is 10.1. The fourth-order valence-corrected chi connectivity index (χ4v) is 2.16. The molecule has 0 saturated carbocycles. The average molecular weight is 280 g/mol. The van der Waals surface area contributed by atoms with E-state index in [1.165, 1.54) is 24.3 Å². The maximum atomic E-state index is 11.9. The van der Waals surface area contributed by atoms with Crippen LogP contribution in [0.5, 0.6) is 0 Å². The Balaban J connectivity index is 2.82. The van der Waals surface area contributed by atoms with Crippen LogP contribution in [0.2, 0.25) is 0 Å². The summed E-state index contributed by atoms with van der Waals surface area (Å²) < 4.78 is 22.6. The second kappa shape index (κ2) is 6.34. The van der Waals surface area contributed by atoms with Crippen molar-refractivity contribution in [2.75, 3.05) is 6.26 Å². The highest BCUT2D eigenvalue weighted by Crippen LogP contribution is 2.10. The molecule has 0 spiro atoms. The lowest BCUT2D eigenvalue weighted by molar-refractivity contribution is 0.0936. The fraction of sp³-hybridized carbons (Fsp3) is 0.385. The van der Waals surface area contributed by atoms with Gasteiger partial charge in [-0.3, -0.25) is 4.79 Å². The Morgan fingerprint density at radius 1 is 1.37 bits per heavy atom. The first-order valence-electron chi connectivity index (χ1n) is 5.86. The Labute approximate surface area is 113 Å². The summed E-state index contributed by atoms with van der Waals surface area (Å²) in [4.78, 5) is 12.1. The highest BCUT2D eigenvalue weighted by molar-refractivity contribution is 7.90. The molecule has 0 heterocycles. The van der Waals surface area contributed by atoms with E-state index in [9.17, 15) is 13.2 Å². The number of nitrogens with one attached hydrogen (secondary N) is 1. The van der Waals surface area contributed by atoms with Crippen molar-refractivity contribution in [3.8, 4) is 6.07 Å². The number of amides is 1. The van der Waals surface area contributed by atoms with Crippen molar-refractivity contribution >= 4 is 15.7 Å². The van der Waals surface area contributed by atoms with Crippen molar-refractivity contribution in [3.63, 3.8) is 0 Å². The number of benzene rings is 1. The molecule has 0 aliphatic rings. The summed E-state index contributed by atoms with van der Waals surface area (Å²) in [5.74, 6) is -0.304. The summed E-state index contributed by atoms with van der Waals surface area (Å²) >= 11 is 0. The Kier molecular flexibility index (Phi) is 5.07.